The number of aliphatic hydroxyl groups is 1. The Balaban J connectivity index is 1.75. The first-order chi connectivity index (χ1) is 15.8. The SMILES string of the molecule is CC(O)C(NC(=O)C1CCCN1C(=O)C(Cc1ccccc1)NC(=O)C1CCCN1)C(=O)O. The van der Waals surface area contributed by atoms with Crippen molar-refractivity contribution in [1.82, 2.24) is 20.9 Å². The Hall–Kier alpha value is -2.98. The summed E-state index contributed by atoms with van der Waals surface area (Å²) in [6.07, 6.45) is 1.52. The second-order valence-electron chi connectivity index (χ2n) is 8.65. The third-order valence-electron chi connectivity index (χ3n) is 6.16. The first-order valence-corrected chi connectivity index (χ1v) is 11.4. The Kier molecular flexibility index (Phi) is 8.40. The number of carbonyl (C=O) groups is 4. The molecule has 1 aromatic rings. The molecule has 0 aromatic heterocycles. The van der Waals surface area contributed by atoms with Gasteiger partial charge in [0.1, 0.15) is 12.1 Å². The highest BCUT2D eigenvalue weighted by atomic mass is 16.4. The van der Waals surface area contributed by atoms with E-state index in [0.29, 0.717) is 25.8 Å². The molecule has 2 aliphatic heterocycles. The lowest BCUT2D eigenvalue weighted by Gasteiger charge is -2.30. The second-order valence-corrected chi connectivity index (χ2v) is 8.65. The van der Waals surface area contributed by atoms with Gasteiger partial charge in [-0.15, -0.1) is 0 Å². The molecule has 33 heavy (non-hydrogen) atoms. The molecule has 3 rings (SSSR count). The van der Waals surface area contributed by atoms with E-state index in [0.717, 1.165) is 18.5 Å². The molecule has 0 saturated carbocycles. The van der Waals surface area contributed by atoms with E-state index in [-0.39, 0.29) is 24.3 Å². The van der Waals surface area contributed by atoms with Gasteiger partial charge in [0, 0.05) is 13.0 Å². The van der Waals surface area contributed by atoms with Crippen LogP contribution in [0.2, 0.25) is 0 Å². The van der Waals surface area contributed by atoms with Crippen molar-refractivity contribution in [1.29, 1.82) is 0 Å². The van der Waals surface area contributed by atoms with Crippen LogP contribution in [0, 0.1) is 0 Å². The standard InChI is InChI=1S/C23H32N4O6/c1-14(28)19(23(32)33)26-21(30)18-10-6-12-27(18)22(31)17(13-15-7-3-2-4-8-15)25-20(29)16-9-5-11-24-16/h2-4,7-8,14,16-19,24,28H,5-6,9-13H2,1H3,(H,25,29)(H,26,30)(H,32,33). The topological polar surface area (TPSA) is 148 Å². The zero-order chi connectivity index (χ0) is 24.0. The fourth-order valence-corrected chi connectivity index (χ4v) is 4.37. The van der Waals surface area contributed by atoms with Crippen molar-refractivity contribution < 1.29 is 29.4 Å². The Morgan fingerprint density at radius 3 is 2.42 bits per heavy atom. The van der Waals surface area contributed by atoms with Gasteiger partial charge in [0.05, 0.1) is 12.1 Å². The average molecular weight is 461 g/mol. The minimum Gasteiger partial charge on any atom is -0.480 e. The quantitative estimate of drug-likeness (QED) is 0.331. The fourth-order valence-electron chi connectivity index (χ4n) is 4.37. The Morgan fingerprint density at radius 1 is 1.09 bits per heavy atom. The number of carboxylic acids is 1. The van der Waals surface area contributed by atoms with E-state index in [1.807, 2.05) is 30.3 Å². The number of carboxylic acid groups (broad SMARTS) is 1. The average Bonchev–Trinajstić information content (AvgIpc) is 3.49. The number of rotatable bonds is 9. The molecule has 180 valence electrons. The highest BCUT2D eigenvalue weighted by Crippen LogP contribution is 2.20. The van der Waals surface area contributed by atoms with E-state index in [9.17, 15) is 29.4 Å². The number of benzene rings is 1. The number of hydrogen-bond acceptors (Lipinski definition) is 6. The molecule has 0 radical (unpaired) electrons. The van der Waals surface area contributed by atoms with E-state index in [1.165, 1.54) is 11.8 Å². The number of nitrogens with zero attached hydrogens (tertiary/aromatic N) is 1. The monoisotopic (exact) mass is 460 g/mol. The summed E-state index contributed by atoms with van der Waals surface area (Å²) in [6.45, 7) is 2.35. The molecular formula is C23H32N4O6. The van der Waals surface area contributed by atoms with Crippen molar-refractivity contribution in [3.63, 3.8) is 0 Å². The molecule has 0 spiro atoms. The molecule has 3 amide bonds. The number of aliphatic carboxylic acids is 1. The van der Waals surface area contributed by atoms with Crippen LogP contribution < -0.4 is 16.0 Å². The maximum absolute atomic E-state index is 13.5. The predicted octanol–water partition coefficient (Wildman–Crippen LogP) is -0.593. The minimum absolute atomic E-state index is 0.248. The van der Waals surface area contributed by atoms with Crippen molar-refractivity contribution in [3.8, 4) is 0 Å². The summed E-state index contributed by atoms with van der Waals surface area (Å²) >= 11 is 0. The van der Waals surface area contributed by atoms with E-state index < -0.39 is 36.1 Å². The number of hydrogen-bond donors (Lipinski definition) is 5. The molecule has 0 bridgehead atoms. The maximum atomic E-state index is 13.5. The molecule has 5 unspecified atom stereocenters. The van der Waals surface area contributed by atoms with Crippen molar-refractivity contribution in [2.45, 2.75) is 69.3 Å². The molecule has 0 aliphatic carbocycles. The van der Waals surface area contributed by atoms with E-state index in [2.05, 4.69) is 16.0 Å². The van der Waals surface area contributed by atoms with E-state index in [4.69, 9.17) is 0 Å². The van der Waals surface area contributed by atoms with Crippen LogP contribution in [0.5, 0.6) is 0 Å². The van der Waals surface area contributed by atoms with Crippen molar-refractivity contribution in [2.75, 3.05) is 13.1 Å². The molecule has 2 aliphatic rings. The zero-order valence-corrected chi connectivity index (χ0v) is 18.7. The molecule has 10 nitrogen and oxygen atoms in total. The summed E-state index contributed by atoms with van der Waals surface area (Å²) < 4.78 is 0. The van der Waals surface area contributed by atoms with Gasteiger partial charge >= 0.3 is 5.97 Å². The van der Waals surface area contributed by atoms with Crippen LogP contribution >= 0.6 is 0 Å². The highest BCUT2D eigenvalue weighted by Gasteiger charge is 2.40. The fraction of sp³-hybridized carbons (Fsp3) is 0.565. The largest absolute Gasteiger partial charge is 0.480 e. The number of nitrogens with one attached hydrogen (secondary N) is 3. The highest BCUT2D eigenvalue weighted by molar-refractivity contribution is 5.94. The normalized spacial score (nSPS) is 22.9. The molecule has 5 atom stereocenters. The molecule has 5 N–H and O–H groups in total. The van der Waals surface area contributed by atoms with Crippen LogP contribution in [0.4, 0.5) is 0 Å². The summed E-state index contributed by atoms with van der Waals surface area (Å²) in [5.74, 6) is -2.61. The van der Waals surface area contributed by atoms with Crippen LogP contribution in [-0.2, 0) is 25.6 Å². The van der Waals surface area contributed by atoms with Gasteiger partial charge in [0.25, 0.3) is 0 Å². The minimum atomic E-state index is -1.47. The lowest BCUT2D eigenvalue weighted by molar-refractivity contribution is -0.147. The Labute approximate surface area is 192 Å². The van der Waals surface area contributed by atoms with Gasteiger partial charge in [-0.25, -0.2) is 4.79 Å². The Bertz CT molecular complexity index is 856. The third kappa shape index (κ3) is 6.29. The summed E-state index contributed by atoms with van der Waals surface area (Å²) in [5, 5.41) is 27.3. The van der Waals surface area contributed by atoms with Crippen LogP contribution in [0.3, 0.4) is 0 Å². The van der Waals surface area contributed by atoms with Gasteiger partial charge in [0.15, 0.2) is 6.04 Å². The van der Waals surface area contributed by atoms with Crippen molar-refractivity contribution >= 4 is 23.7 Å². The van der Waals surface area contributed by atoms with Crippen LogP contribution in [0.1, 0.15) is 38.2 Å². The number of likely N-dealkylation sites (tertiary alicyclic amines) is 1. The lowest BCUT2D eigenvalue weighted by atomic mass is 10.0. The number of carbonyl (C=O) groups excluding carboxylic acids is 3. The molecule has 2 saturated heterocycles. The number of aliphatic hydroxyl groups excluding tert-OH is 1. The van der Waals surface area contributed by atoms with E-state index >= 15 is 0 Å². The summed E-state index contributed by atoms with van der Waals surface area (Å²) in [7, 11) is 0. The molecule has 2 fully saturated rings. The predicted molar refractivity (Wildman–Crippen MR) is 119 cm³/mol. The van der Waals surface area contributed by atoms with Gasteiger partial charge in [-0.2, -0.15) is 0 Å². The first kappa shape index (κ1) is 24.7. The van der Waals surface area contributed by atoms with Gasteiger partial charge in [-0.05, 0) is 44.7 Å². The van der Waals surface area contributed by atoms with Crippen LogP contribution in [0.25, 0.3) is 0 Å². The molecular weight excluding hydrogens is 428 g/mol. The summed E-state index contributed by atoms with van der Waals surface area (Å²) in [4.78, 5) is 51.9. The third-order valence-corrected chi connectivity index (χ3v) is 6.16. The smallest absolute Gasteiger partial charge is 0.328 e. The van der Waals surface area contributed by atoms with Crippen LogP contribution in [-0.4, -0.2) is 82.2 Å². The van der Waals surface area contributed by atoms with E-state index in [1.54, 1.807) is 0 Å². The summed E-state index contributed by atoms with van der Waals surface area (Å²) in [6, 6.07) is 5.77. The lowest BCUT2D eigenvalue weighted by Crippen LogP contribution is -2.58. The molecule has 1 aromatic carbocycles. The van der Waals surface area contributed by atoms with Gasteiger partial charge < -0.3 is 31.1 Å². The van der Waals surface area contributed by atoms with Gasteiger partial charge in [-0.1, -0.05) is 30.3 Å². The van der Waals surface area contributed by atoms with Gasteiger partial charge in [0.2, 0.25) is 17.7 Å². The summed E-state index contributed by atoms with van der Waals surface area (Å²) in [5.41, 5.74) is 0.871. The van der Waals surface area contributed by atoms with Gasteiger partial charge in [-0.3, -0.25) is 14.4 Å². The Morgan fingerprint density at radius 2 is 1.82 bits per heavy atom. The molecule has 2 heterocycles. The maximum Gasteiger partial charge on any atom is 0.328 e. The first-order valence-electron chi connectivity index (χ1n) is 11.4. The zero-order valence-electron chi connectivity index (χ0n) is 18.7. The van der Waals surface area contributed by atoms with Crippen LogP contribution in [0.15, 0.2) is 30.3 Å². The molecule has 10 heteroatoms. The van der Waals surface area contributed by atoms with Crippen molar-refractivity contribution in [3.05, 3.63) is 35.9 Å². The second kappa shape index (κ2) is 11.2. The van der Waals surface area contributed by atoms with Crippen molar-refractivity contribution in [2.24, 2.45) is 0 Å². The number of amides is 3.